The van der Waals surface area contributed by atoms with Gasteiger partial charge in [-0.1, -0.05) is 32.0 Å². The van der Waals surface area contributed by atoms with Gasteiger partial charge in [-0.2, -0.15) is 11.8 Å². The van der Waals surface area contributed by atoms with Gasteiger partial charge in [0.1, 0.15) is 5.00 Å². The number of benzene rings is 2. The Labute approximate surface area is 244 Å². The number of hydrogen-bond donors (Lipinski definition) is 1. The van der Waals surface area contributed by atoms with Crippen molar-refractivity contribution in [1.29, 1.82) is 0 Å². The first kappa shape index (κ1) is 30.2. The quantitative estimate of drug-likeness (QED) is 0.272. The fourth-order valence-electron chi connectivity index (χ4n) is 4.35. The van der Waals surface area contributed by atoms with E-state index in [0.717, 1.165) is 29.2 Å². The monoisotopic (exact) mass is 605 g/mol. The third kappa shape index (κ3) is 7.30. The molecule has 214 valence electrons. The summed E-state index contributed by atoms with van der Waals surface area (Å²) in [5.41, 5.74) is 2.33. The highest BCUT2D eigenvalue weighted by Gasteiger charge is 2.27. The lowest BCUT2D eigenvalue weighted by molar-refractivity contribution is 0.0772. The summed E-state index contributed by atoms with van der Waals surface area (Å²) >= 11 is 3.09. The van der Waals surface area contributed by atoms with Gasteiger partial charge in [0, 0.05) is 52.5 Å². The van der Waals surface area contributed by atoms with Crippen LogP contribution in [0.2, 0.25) is 0 Å². The van der Waals surface area contributed by atoms with Gasteiger partial charge < -0.3 is 4.90 Å². The predicted octanol–water partition coefficient (Wildman–Crippen LogP) is 6.81. The average Bonchev–Trinajstić information content (AvgIpc) is 3.37. The molecule has 0 saturated carbocycles. The molecule has 1 aliphatic heterocycles. The molecule has 0 atom stereocenters. The van der Waals surface area contributed by atoms with Crippen LogP contribution in [0.1, 0.15) is 41.4 Å². The smallest absolute Gasteiger partial charge is 0.326 e. The number of carbonyl (C=O) groups is 2. The van der Waals surface area contributed by atoms with E-state index >= 15 is 0 Å². The van der Waals surface area contributed by atoms with Gasteiger partial charge in [-0.15, -0.1) is 11.3 Å². The van der Waals surface area contributed by atoms with Gasteiger partial charge >= 0.3 is 6.03 Å². The Bertz CT molecular complexity index is 1370. The largest absolute Gasteiger partial charge is 0.337 e. The Morgan fingerprint density at radius 3 is 2.35 bits per heavy atom. The van der Waals surface area contributed by atoms with Crippen LogP contribution in [0.25, 0.3) is 11.1 Å². The number of carbonyl (C=O) groups excluding carboxylic acids is 2. The molecular formula is C29H33F2N3O3S3. The maximum atomic E-state index is 13.8. The molecule has 1 aromatic heterocycles. The molecule has 3 amide bonds. The van der Waals surface area contributed by atoms with Crippen molar-refractivity contribution in [1.82, 2.24) is 4.90 Å². The molecule has 6 nitrogen and oxygen atoms in total. The van der Waals surface area contributed by atoms with E-state index in [4.69, 9.17) is 0 Å². The number of urea groups is 1. The van der Waals surface area contributed by atoms with Crippen molar-refractivity contribution >= 4 is 56.5 Å². The van der Waals surface area contributed by atoms with Crippen molar-refractivity contribution in [3.8, 4) is 11.1 Å². The van der Waals surface area contributed by atoms with Crippen LogP contribution >= 0.6 is 23.1 Å². The van der Waals surface area contributed by atoms with Gasteiger partial charge in [0.2, 0.25) is 0 Å². The molecule has 1 fully saturated rings. The van der Waals surface area contributed by atoms with E-state index in [1.165, 1.54) is 17.4 Å². The average molecular weight is 606 g/mol. The van der Waals surface area contributed by atoms with Crippen molar-refractivity contribution < 1.29 is 22.6 Å². The highest BCUT2D eigenvalue weighted by Crippen LogP contribution is 2.35. The Morgan fingerprint density at radius 1 is 1.05 bits per heavy atom. The van der Waals surface area contributed by atoms with Crippen molar-refractivity contribution in [2.75, 3.05) is 53.4 Å². The van der Waals surface area contributed by atoms with Crippen LogP contribution < -0.4 is 10.2 Å². The van der Waals surface area contributed by atoms with E-state index in [1.54, 1.807) is 45.8 Å². The summed E-state index contributed by atoms with van der Waals surface area (Å²) in [5, 5.41) is 3.50. The van der Waals surface area contributed by atoms with E-state index in [1.807, 2.05) is 26.2 Å². The molecule has 1 aliphatic rings. The molecule has 40 heavy (non-hydrogen) atoms. The number of rotatable bonds is 9. The topological polar surface area (TPSA) is 69.7 Å². The molecule has 1 N–H and O–H groups in total. The first-order valence-corrected chi connectivity index (χ1v) is 16.8. The molecule has 11 heteroatoms. The molecule has 0 radical (unpaired) electrons. The SMILES string of the molecule is CSCCCN(C(=O)Nc1sc(C(C)C)cc1C(=O)N1CCS(=O)CC1)c1ccc(-c2ccc(F)c(F)c2)cc1. The lowest BCUT2D eigenvalue weighted by Gasteiger charge is -2.27. The normalized spacial score (nSPS) is 14.0. The van der Waals surface area contributed by atoms with Crippen LogP contribution in [0.4, 0.5) is 24.3 Å². The van der Waals surface area contributed by atoms with Crippen molar-refractivity contribution in [3.63, 3.8) is 0 Å². The second kappa shape index (κ2) is 13.7. The number of nitrogens with one attached hydrogen (secondary N) is 1. The Kier molecular flexibility index (Phi) is 10.4. The minimum atomic E-state index is -0.917. The first-order chi connectivity index (χ1) is 19.2. The number of anilines is 2. The summed E-state index contributed by atoms with van der Waals surface area (Å²) < 4.78 is 38.9. The number of amides is 3. The summed E-state index contributed by atoms with van der Waals surface area (Å²) in [5.74, 6) is -0.0271. The first-order valence-electron chi connectivity index (χ1n) is 13.1. The Morgan fingerprint density at radius 2 is 1.73 bits per heavy atom. The van der Waals surface area contributed by atoms with Crippen molar-refractivity contribution in [2.24, 2.45) is 0 Å². The van der Waals surface area contributed by atoms with Crippen molar-refractivity contribution in [2.45, 2.75) is 26.2 Å². The van der Waals surface area contributed by atoms with Gasteiger partial charge in [0.25, 0.3) is 5.91 Å². The lowest BCUT2D eigenvalue weighted by Crippen LogP contribution is -2.42. The minimum Gasteiger partial charge on any atom is -0.337 e. The highest BCUT2D eigenvalue weighted by atomic mass is 32.2. The van der Waals surface area contributed by atoms with E-state index in [2.05, 4.69) is 5.32 Å². The lowest BCUT2D eigenvalue weighted by atomic mass is 10.0. The standard InChI is InChI=1S/C29H33F2N3O3S3/c1-19(2)26-18-23(28(35)33-12-15-40(37)16-13-33)27(39-26)32-29(36)34(11-4-14-38-3)22-8-5-20(6-9-22)21-7-10-24(30)25(31)17-21/h5-10,17-19H,4,11-16H2,1-3H3,(H,32,36). The van der Waals surface area contributed by atoms with Gasteiger partial charge in [0.05, 0.1) is 5.56 Å². The van der Waals surface area contributed by atoms with Gasteiger partial charge in [0.15, 0.2) is 11.6 Å². The van der Waals surface area contributed by atoms with Crippen LogP contribution in [0.3, 0.4) is 0 Å². The molecule has 0 aliphatic carbocycles. The zero-order valence-corrected chi connectivity index (χ0v) is 25.2. The number of hydrogen-bond acceptors (Lipinski definition) is 5. The van der Waals surface area contributed by atoms with Gasteiger partial charge in [-0.05, 0) is 65.8 Å². The molecule has 2 heterocycles. The predicted molar refractivity (Wildman–Crippen MR) is 163 cm³/mol. The minimum absolute atomic E-state index is 0.167. The summed E-state index contributed by atoms with van der Waals surface area (Å²) in [4.78, 5) is 31.4. The number of thiophene rings is 1. The summed E-state index contributed by atoms with van der Waals surface area (Å²) in [6.07, 6.45) is 2.77. The highest BCUT2D eigenvalue weighted by molar-refractivity contribution is 7.98. The zero-order valence-electron chi connectivity index (χ0n) is 22.7. The maximum absolute atomic E-state index is 13.8. The molecule has 0 spiro atoms. The van der Waals surface area contributed by atoms with E-state index in [-0.39, 0.29) is 17.9 Å². The van der Waals surface area contributed by atoms with Gasteiger partial charge in [-0.25, -0.2) is 13.6 Å². The van der Waals surface area contributed by atoms with Crippen molar-refractivity contribution in [3.05, 3.63) is 70.6 Å². The second-order valence-corrected chi connectivity index (χ2v) is 13.6. The number of halogens is 2. The fourth-order valence-corrected chi connectivity index (χ4v) is 6.86. The molecule has 0 unspecified atom stereocenters. The molecule has 2 aromatic carbocycles. The molecule has 4 rings (SSSR count). The van der Waals surface area contributed by atoms with E-state index in [0.29, 0.717) is 58.5 Å². The molecule has 3 aromatic rings. The Hall–Kier alpha value is -2.76. The molecule has 1 saturated heterocycles. The maximum Gasteiger partial charge on any atom is 0.326 e. The van der Waals surface area contributed by atoms with E-state index < -0.39 is 22.4 Å². The summed E-state index contributed by atoms with van der Waals surface area (Å²) in [7, 11) is -0.903. The van der Waals surface area contributed by atoms with Crippen LogP contribution in [0.15, 0.2) is 48.5 Å². The molecule has 0 bridgehead atoms. The van der Waals surface area contributed by atoms with Crippen LogP contribution in [-0.4, -0.2) is 64.2 Å². The van der Waals surface area contributed by atoms with Crippen LogP contribution in [-0.2, 0) is 10.8 Å². The molecular weight excluding hydrogens is 573 g/mol. The van der Waals surface area contributed by atoms with Crippen LogP contribution in [0, 0.1) is 11.6 Å². The second-order valence-electron chi connectivity index (χ2n) is 9.79. The van der Waals surface area contributed by atoms with E-state index in [9.17, 15) is 22.6 Å². The zero-order chi connectivity index (χ0) is 28.8. The number of thioether (sulfide) groups is 1. The third-order valence-corrected chi connectivity index (χ3v) is 9.97. The Balaban J connectivity index is 1.59. The summed E-state index contributed by atoms with van der Waals surface area (Å²) in [6.45, 7) is 5.40. The number of nitrogens with zero attached hydrogens (tertiary/aromatic N) is 2. The van der Waals surface area contributed by atoms with Gasteiger partial charge in [-0.3, -0.25) is 19.2 Å². The third-order valence-electron chi connectivity index (χ3n) is 6.64. The fraction of sp³-hybridized carbons (Fsp3) is 0.379. The van der Waals surface area contributed by atoms with Crippen LogP contribution in [0.5, 0.6) is 0 Å². The summed E-state index contributed by atoms with van der Waals surface area (Å²) in [6, 6.07) is 12.4.